The topological polar surface area (TPSA) is 48.9 Å². The van der Waals surface area contributed by atoms with Gasteiger partial charge in [0.15, 0.2) is 5.16 Å². The molecule has 0 atom stereocenters. The fraction of sp³-hybridized carbons (Fsp3) is 0.133. The smallest absolute Gasteiger partial charge is 0.171 e. The molecule has 0 aliphatic rings. The fourth-order valence-corrected chi connectivity index (χ4v) is 3.29. The van der Waals surface area contributed by atoms with Crippen molar-refractivity contribution >= 4 is 34.4 Å². The molecule has 5 heteroatoms. The molecule has 1 aromatic heterocycles. The molecule has 3 aromatic rings. The zero-order valence-corrected chi connectivity index (χ0v) is 12.4. The molecular weight excluding hydrogens is 292 g/mol. The van der Waals surface area contributed by atoms with Gasteiger partial charge in [0.2, 0.25) is 0 Å². The second kappa shape index (κ2) is 5.48. The first-order valence-electron chi connectivity index (χ1n) is 6.20. The molecule has 0 saturated carbocycles. The van der Waals surface area contributed by atoms with E-state index in [-0.39, 0.29) is 6.61 Å². The summed E-state index contributed by atoms with van der Waals surface area (Å²) in [7, 11) is 0. The van der Waals surface area contributed by atoms with Gasteiger partial charge in [-0.2, -0.15) is 0 Å². The monoisotopic (exact) mass is 304 g/mol. The van der Waals surface area contributed by atoms with Crippen molar-refractivity contribution in [2.24, 2.45) is 0 Å². The van der Waals surface area contributed by atoms with Crippen molar-refractivity contribution in [1.82, 2.24) is 9.97 Å². The quantitative estimate of drug-likeness (QED) is 0.763. The Bertz CT molecular complexity index is 770. The van der Waals surface area contributed by atoms with Crippen LogP contribution in [0.2, 0.25) is 5.02 Å². The lowest BCUT2D eigenvalue weighted by Gasteiger charge is -2.06. The summed E-state index contributed by atoms with van der Waals surface area (Å²) in [5, 5.41) is 10.8. The number of halogens is 1. The number of aromatic nitrogens is 2. The molecule has 2 N–H and O–H groups in total. The zero-order valence-electron chi connectivity index (χ0n) is 10.9. The normalized spacial score (nSPS) is 11.2. The number of nitrogens with one attached hydrogen (secondary N) is 1. The minimum Gasteiger partial charge on any atom is -0.392 e. The number of fused-ring (bicyclic) bond motifs is 1. The average molecular weight is 305 g/mol. The summed E-state index contributed by atoms with van der Waals surface area (Å²) in [6.07, 6.45) is 0. The number of hydrogen-bond donors (Lipinski definition) is 2. The van der Waals surface area contributed by atoms with E-state index in [2.05, 4.69) is 16.0 Å². The molecule has 0 spiro atoms. The highest BCUT2D eigenvalue weighted by molar-refractivity contribution is 7.99. The van der Waals surface area contributed by atoms with E-state index in [4.69, 9.17) is 11.6 Å². The van der Waals surface area contributed by atoms with Crippen molar-refractivity contribution < 1.29 is 5.11 Å². The SMILES string of the molecule is Cc1ccc2nc(Sc3cccc(Cl)c3CO)[nH]c2c1. The van der Waals surface area contributed by atoms with Gasteiger partial charge in [-0.1, -0.05) is 35.5 Å². The molecule has 3 nitrogen and oxygen atoms in total. The third-order valence-electron chi connectivity index (χ3n) is 3.06. The Morgan fingerprint density at radius 3 is 2.95 bits per heavy atom. The highest BCUT2D eigenvalue weighted by atomic mass is 35.5. The molecule has 0 saturated heterocycles. The van der Waals surface area contributed by atoms with Crippen molar-refractivity contribution in [3.63, 3.8) is 0 Å². The molecule has 2 aromatic carbocycles. The van der Waals surface area contributed by atoms with Gasteiger partial charge in [-0.15, -0.1) is 0 Å². The van der Waals surface area contributed by atoms with E-state index in [1.54, 1.807) is 6.07 Å². The van der Waals surface area contributed by atoms with Gasteiger partial charge in [0.25, 0.3) is 0 Å². The number of aliphatic hydroxyl groups excluding tert-OH is 1. The average Bonchev–Trinajstić information content (AvgIpc) is 2.80. The van der Waals surface area contributed by atoms with E-state index >= 15 is 0 Å². The number of rotatable bonds is 3. The third-order valence-corrected chi connectivity index (χ3v) is 4.40. The highest BCUT2D eigenvalue weighted by Crippen LogP contribution is 2.33. The molecule has 1 heterocycles. The number of imidazole rings is 1. The van der Waals surface area contributed by atoms with E-state index < -0.39 is 0 Å². The number of aliphatic hydroxyl groups is 1. The largest absolute Gasteiger partial charge is 0.392 e. The molecule has 0 amide bonds. The van der Waals surface area contributed by atoms with Gasteiger partial charge in [0, 0.05) is 15.5 Å². The molecule has 0 unspecified atom stereocenters. The van der Waals surface area contributed by atoms with Crippen LogP contribution in [0.15, 0.2) is 46.5 Å². The van der Waals surface area contributed by atoms with Crippen LogP contribution in [0.1, 0.15) is 11.1 Å². The second-order valence-electron chi connectivity index (χ2n) is 4.54. The van der Waals surface area contributed by atoms with Crippen molar-refractivity contribution in [3.8, 4) is 0 Å². The van der Waals surface area contributed by atoms with Crippen LogP contribution >= 0.6 is 23.4 Å². The maximum absolute atomic E-state index is 9.43. The molecule has 0 bridgehead atoms. The standard InChI is InChI=1S/C15H13ClN2OS/c1-9-5-6-12-13(7-9)18-15(17-12)20-14-4-2-3-11(16)10(14)8-19/h2-7,19H,8H2,1H3,(H,17,18). The molecule has 0 aliphatic heterocycles. The molecule has 0 fully saturated rings. The number of nitrogens with zero attached hydrogens (tertiary/aromatic N) is 1. The molecule has 3 rings (SSSR count). The lowest BCUT2D eigenvalue weighted by Crippen LogP contribution is -1.89. The first-order valence-corrected chi connectivity index (χ1v) is 7.39. The molecule has 0 aliphatic carbocycles. The Morgan fingerprint density at radius 1 is 1.30 bits per heavy atom. The summed E-state index contributed by atoms with van der Waals surface area (Å²) < 4.78 is 0. The van der Waals surface area contributed by atoms with Crippen molar-refractivity contribution in [3.05, 3.63) is 52.5 Å². The van der Waals surface area contributed by atoms with Crippen molar-refractivity contribution in [2.45, 2.75) is 23.6 Å². The van der Waals surface area contributed by atoms with E-state index in [9.17, 15) is 5.11 Å². The second-order valence-corrected chi connectivity index (χ2v) is 5.98. The summed E-state index contributed by atoms with van der Waals surface area (Å²) in [5.74, 6) is 0. The summed E-state index contributed by atoms with van der Waals surface area (Å²) in [6, 6.07) is 11.7. The van der Waals surface area contributed by atoms with E-state index in [1.807, 2.05) is 31.2 Å². The fourth-order valence-electron chi connectivity index (χ4n) is 2.04. The molecule has 20 heavy (non-hydrogen) atoms. The Kier molecular flexibility index (Phi) is 3.70. The number of aryl methyl sites for hydroxylation is 1. The predicted molar refractivity (Wildman–Crippen MR) is 82.3 cm³/mol. The highest BCUT2D eigenvalue weighted by Gasteiger charge is 2.10. The number of hydrogen-bond acceptors (Lipinski definition) is 3. The van der Waals surface area contributed by atoms with Gasteiger partial charge in [-0.25, -0.2) is 4.98 Å². The summed E-state index contributed by atoms with van der Waals surface area (Å²) >= 11 is 7.56. The van der Waals surface area contributed by atoms with Crippen LogP contribution in [-0.2, 0) is 6.61 Å². The van der Waals surface area contributed by atoms with Crippen LogP contribution in [0.25, 0.3) is 11.0 Å². The minimum atomic E-state index is -0.0820. The van der Waals surface area contributed by atoms with Gasteiger partial charge >= 0.3 is 0 Å². The Morgan fingerprint density at radius 2 is 2.15 bits per heavy atom. The molecular formula is C15H13ClN2OS. The minimum absolute atomic E-state index is 0.0820. The van der Waals surface area contributed by atoms with Crippen LogP contribution in [0, 0.1) is 6.92 Å². The maximum atomic E-state index is 9.43. The Hall–Kier alpha value is -1.49. The van der Waals surface area contributed by atoms with Crippen LogP contribution in [0.4, 0.5) is 0 Å². The zero-order chi connectivity index (χ0) is 14.1. The van der Waals surface area contributed by atoms with Gasteiger partial charge in [0.1, 0.15) is 0 Å². The Labute approximate surface area is 126 Å². The summed E-state index contributed by atoms with van der Waals surface area (Å²) in [5.41, 5.74) is 3.87. The summed E-state index contributed by atoms with van der Waals surface area (Å²) in [4.78, 5) is 8.73. The molecule has 0 radical (unpaired) electrons. The number of benzene rings is 2. The van der Waals surface area contributed by atoms with E-state index in [0.29, 0.717) is 5.02 Å². The Balaban J connectivity index is 1.99. The van der Waals surface area contributed by atoms with Gasteiger partial charge in [-0.3, -0.25) is 0 Å². The van der Waals surface area contributed by atoms with Crippen molar-refractivity contribution in [1.29, 1.82) is 0 Å². The van der Waals surface area contributed by atoms with Gasteiger partial charge in [0.05, 0.1) is 17.6 Å². The number of aromatic amines is 1. The predicted octanol–water partition coefficient (Wildman–Crippen LogP) is 4.17. The maximum Gasteiger partial charge on any atom is 0.171 e. The third kappa shape index (κ3) is 2.54. The van der Waals surface area contributed by atoms with E-state index in [0.717, 1.165) is 26.6 Å². The lowest BCUT2D eigenvalue weighted by atomic mass is 10.2. The van der Waals surface area contributed by atoms with Crippen LogP contribution in [0.3, 0.4) is 0 Å². The summed E-state index contributed by atoms with van der Waals surface area (Å²) in [6.45, 7) is 1.97. The van der Waals surface area contributed by atoms with Gasteiger partial charge < -0.3 is 10.1 Å². The van der Waals surface area contributed by atoms with Crippen molar-refractivity contribution in [2.75, 3.05) is 0 Å². The van der Waals surface area contributed by atoms with E-state index in [1.165, 1.54) is 17.3 Å². The van der Waals surface area contributed by atoms with Gasteiger partial charge in [-0.05, 0) is 36.8 Å². The lowest BCUT2D eigenvalue weighted by molar-refractivity contribution is 0.279. The number of H-pyrrole nitrogens is 1. The first kappa shape index (κ1) is 13.5. The van der Waals surface area contributed by atoms with Crippen LogP contribution < -0.4 is 0 Å². The molecule has 102 valence electrons. The van der Waals surface area contributed by atoms with Crippen LogP contribution in [0.5, 0.6) is 0 Å². The van der Waals surface area contributed by atoms with Crippen LogP contribution in [-0.4, -0.2) is 15.1 Å². The first-order chi connectivity index (χ1) is 9.67.